The van der Waals surface area contributed by atoms with Crippen LogP contribution in [0.3, 0.4) is 0 Å². The number of rotatable bonds is 8. The summed E-state index contributed by atoms with van der Waals surface area (Å²) in [5, 5.41) is 13.6. The molecule has 200 valence electrons. The largest absolute Gasteiger partial charge is 0.497 e. The second-order valence-corrected chi connectivity index (χ2v) is 9.82. The van der Waals surface area contributed by atoms with Crippen LogP contribution in [-0.2, 0) is 16.0 Å². The Hall–Kier alpha value is -5.04. The van der Waals surface area contributed by atoms with E-state index in [0.29, 0.717) is 5.75 Å². The molecular formula is C33H28N2O5. The van der Waals surface area contributed by atoms with Crippen molar-refractivity contribution in [2.45, 2.75) is 18.4 Å². The second kappa shape index (κ2) is 10.6. The van der Waals surface area contributed by atoms with E-state index in [9.17, 15) is 14.7 Å². The summed E-state index contributed by atoms with van der Waals surface area (Å²) in [6.45, 7) is 0.106. The van der Waals surface area contributed by atoms with Crippen molar-refractivity contribution >= 4 is 23.0 Å². The first-order valence-electron chi connectivity index (χ1n) is 13.1. The first-order chi connectivity index (χ1) is 19.5. The van der Waals surface area contributed by atoms with Gasteiger partial charge in [0.1, 0.15) is 18.4 Å². The number of carboxylic acid groups (broad SMARTS) is 1. The van der Waals surface area contributed by atoms with Gasteiger partial charge in [0.05, 0.1) is 7.11 Å². The Morgan fingerprint density at radius 3 is 2.27 bits per heavy atom. The zero-order chi connectivity index (χ0) is 27.6. The molecule has 0 bridgehead atoms. The fourth-order valence-corrected chi connectivity index (χ4v) is 5.62. The number of H-pyrrole nitrogens is 1. The summed E-state index contributed by atoms with van der Waals surface area (Å²) < 4.78 is 11.0. The van der Waals surface area contributed by atoms with Gasteiger partial charge in [0.15, 0.2) is 0 Å². The van der Waals surface area contributed by atoms with E-state index in [1.807, 2.05) is 84.9 Å². The predicted molar refractivity (Wildman–Crippen MR) is 154 cm³/mol. The molecular weight excluding hydrogens is 504 g/mol. The van der Waals surface area contributed by atoms with Crippen LogP contribution in [0.1, 0.15) is 22.6 Å². The van der Waals surface area contributed by atoms with Crippen molar-refractivity contribution in [3.8, 4) is 28.1 Å². The quantitative estimate of drug-likeness (QED) is 0.215. The molecule has 1 aromatic heterocycles. The molecule has 1 aliphatic carbocycles. The van der Waals surface area contributed by atoms with Crippen LogP contribution in [0.5, 0.6) is 5.75 Å². The number of aromatic nitrogens is 1. The number of para-hydroxylation sites is 1. The number of carbonyl (C=O) groups excluding carboxylic acids is 1. The maximum Gasteiger partial charge on any atom is 0.407 e. The highest BCUT2D eigenvalue weighted by Crippen LogP contribution is 2.44. The van der Waals surface area contributed by atoms with Gasteiger partial charge in [0.2, 0.25) is 0 Å². The monoisotopic (exact) mass is 532 g/mol. The number of aromatic amines is 1. The summed E-state index contributed by atoms with van der Waals surface area (Å²) in [7, 11) is 1.60. The Morgan fingerprint density at radius 1 is 0.900 bits per heavy atom. The van der Waals surface area contributed by atoms with Gasteiger partial charge < -0.3 is 24.9 Å². The SMILES string of the molecule is COc1cccc(-c2[nH]c3ccccc3c2CC(NC(=O)OCC2c3ccccc3-c3ccccc32)C(=O)O)c1. The fourth-order valence-electron chi connectivity index (χ4n) is 5.62. The van der Waals surface area contributed by atoms with Gasteiger partial charge in [-0.3, -0.25) is 0 Å². The van der Waals surface area contributed by atoms with Gasteiger partial charge in [-0.1, -0.05) is 78.9 Å². The second-order valence-electron chi connectivity index (χ2n) is 9.82. The highest BCUT2D eigenvalue weighted by molar-refractivity contribution is 5.92. The van der Waals surface area contributed by atoms with Crippen molar-refractivity contribution in [1.82, 2.24) is 10.3 Å². The van der Waals surface area contributed by atoms with E-state index in [1.165, 1.54) is 0 Å². The molecule has 4 aromatic carbocycles. The van der Waals surface area contributed by atoms with Gasteiger partial charge in [-0.2, -0.15) is 0 Å². The summed E-state index contributed by atoms with van der Waals surface area (Å²) >= 11 is 0. The van der Waals surface area contributed by atoms with Crippen LogP contribution < -0.4 is 10.1 Å². The molecule has 3 N–H and O–H groups in total. The smallest absolute Gasteiger partial charge is 0.407 e. The molecule has 1 atom stereocenters. The van der Waals surface area contributed by atoms with Crippen molar-refractivity contribution in [2.75, 3.05) is 13.7 Å². The van der Waals surface area contributed by atoms with Crippen LogP contribution in [0.15, 0.2) is 97.1 Å². The molecule has 0 aliphatic heterocycles. The van der Waals surface area contributed by atoms with Gasteiger partial charge >= 0.3 is 12.1 Å². The number of methoxy groups -OCH3 is 1. The lowest BCUT2D eigenvalue weighted by molar-refractivity contribution is -0.139. The number of nitrogens with one attached hydrogen (secondary N) is 2. The molecule has 6 rings (SSSR count). The Kier molecular flexibility index (Phi) is 6.70. The minimum absolute atomic E-state index is 0.0656. The van der Waals surface area contributed by atoms with E-state index in [0.717, 1.165) is 50.0 Å². The molecule has 40 heavy (non-hydrogen) atoms. The van der Waals surface area contributed by atoms with Crippen molar-refractivity contribution in [1.29, 1.82) is 0 Å². The van der Waals surface area contributed by atoms with Crippen LogP contribution in [-0.4, -0.2) is 41.9 Å². The number of fused-ring (bicyclic) bond motifs is 4. The molecule has 0 saturated heterocycles. The van der Waals surface area contributed by atoms with Crippen LogP contribution in [0, 0.1) is 0 Å². The van der Waals surface area contributed by atoms with Gasteiger partial charge in [0.25, 0.3) is 0 Å². The summed E-state index contributed by atoms with van der Waals surface area (Å²) in [6, 6.07) is 30.2. The number of ether oxygens (including phenoxy) is 2. The van der Waals surface area contributed by atoms with Crippen LogP contribution in [0.2, 0.25) is 0 Å². The molecule has 0 saturated carbocycles. The van der Waals surface area contributed by atoms with E-state index in [1.54, 1.807) is 7.11 Å². The van der Waals surface area contributed by atoms with E-state index < -0.39 is 18.1 Å². The van der Waals surface area contributed by atoms with Gasteiger partial charge in [0, 0.05) is 34.5 Å². The number of alkyl carbamates (subject to hydrolysis) is 1. The van der Waals surface area contributed by atoms with Crippen molar-refractivity contribution in [3.63, 3.8) is 0 Å². The summed E-state index contributed by atoms with van der Waals surface area (Å²) in [6.07, 6.45) is -0.701. The molecule has 1 aliphatic rings. The number of carbonyl (C=O) groups is 2. The Labute approximate surface area is 231 Å². The van der Waals surface area contributed by atoms with E-state index in [2.05, 4.69) is 22.4 Å². The molecule has 0 fully saturated rings. The fraction of sp³-hybridized carbons (Fsp3) is 0.152. The molecule has 5 aromatic rings. The van der Waals surface area contributed by atoms with E-state index in [-0.39, 0.29) is 18.9 Å². The highest BCUT2D eigenvalue weighted by atomic mass is 16.5. The van der Waals surface area contributed by atoms with Crippen LogP contribution >= 0.6 is 0 Å². The highest BCUT2D eigenvalue weighted by Gasteiger charge is 2.30. The molecule has 0 spiro atoms. The van der Waals surface area contributed by atoms with E-state index in [4.69, 9.17) is 9.47 Å². The number of carboxylic acids is 1. The third kappa shape index (κ3) is 4.66. The first-order valence-corrected chi connectivity index (χ1v) is 13.1. The van der Waals surface area contributed by atoms with Crippen molar-refractivity contribution in [3.05, 3.63) is 114 Å². The zero-order valence-corrected chi connectivity index (χ0v) is 21.9. The van der Waals surface area contributed by atoms with Gasteiger partial charge in [-0.05, 0) is 46.0 Å². The number of benzene rings is 4. The lowest BCUT2D eigenvalue weighted by Gasteiger charge is -2.18. The van der Waals surface area contributed by atoms with Crippen LogP contribution in [0.4, 0.5) is 4.79 Å². The predicted octanol–water partition coefficient (Wildman–Crippen LogP) is 6.38. The van der Waals surface area contributed by atoms with Crippen molar-refractivity contribution in [2.24, 2.45) is 0 Å². The average molecular weight is 533 g/mol. The Morgan fingerprint density at radius 2 is 1.57 bits per heavy atom. The first kappa shape index (κ1) is 25.2. The number of aliphatic carboxylic acids is 1. The maximum atomic E-state index is 12.9. The van der Waals surface area contributed by atoms with Crippen molar-refractivity contribution < 1.29 is 24.2 Å². The minimum Gasteiger partial charge on any atom is -0.497 e. The summed E-state index contributed by atoms with van der Waals surface area (Å²) in [5.41, 5.74) is 7.73. The number of amides is 1. The third-order valence-electron chi connectivity index (χ3n) is 7.51. The number of hydrogen-bond acceptors (Lipinski definition) is 4. The summed E-state index contributed by atoms with van der Waals surface area (Å²) in [4.78, 5) is 28.7. The molecule has 1 amide bonds. The van der Waals surface area contributed by atoms with Crippen LogP contribution in [0.25, 0.3) is 33.3 Å². The number of hydrogen-bond donors (Lipinski definition) is 3. The molecule has 7 nitrogen and oxygen atoms in total. The average Bonchev–Trinajstić information content (AvgIpc) is 3.51. The minimum atomic E-state index is -1.20. The summed E-state index contributed by atoms with van der Waals surface area (Å²) in [5.74, 6) is -0.571. The zero-order valence-electron chi connectivity index (χ0n) is 21.9. The molecule has 1 unspecified atom stereocenters. The lowest BCUT2D eigenvalue weighted by Crippen LogP contribution is -2.43. The topological polar surface area (TPSA) is 101 Å². The third-order valence-corrected chi connectivity index (χ3v) is 7.51. The molecule has 1 heterocycles. The van der Waals surface area contributed by atoms with Gasteiger partial charge in [-0.15, -0.1) is 0 Å². The molecule has 0 radical (unpaired) electrons. The van der Waals surface area contributed by atoms with E-state index >= 15 is 0 Å². The maximum absolute atomic E-state index is 12.9. The Bertz CT molecular complexity index is 1680. The van der Waals surface area contributed by atoms with Gasteiger partial charge in [-0.25, -0.2) is 9.59 Å². The normalized spacial score (nSPS) is 12.9. The Balaban J connectivity index is 1.23. The molecule has 7 heteroatoms. The standard InChI is InChI=1S/C33H28N2O5/c1-39-21-10-8-9-20(17-21)31-27(26-15-6-7-16-29(26)34-31)18-30(32(36)37)35-33(38)40-19-28-24-13-4-2-11-22(24)23-12-3-5-14-25(23)28/h2-17,28,30,34H,18-19H2,1H3,(H,35,38)(H,36,37). The lowest BCUT2D eigenvalue weighted by atomic mass is 9.98.